The number of hydrogen-bond acceptors (Lipinski definition) is 2. The molecule has 130 valence electrons. The summed E-state index contributed by atoms with van der Waals surface area (Å²) < 4.78 is 0. The number of H-pyrrole nitrogens is 1. The van der Waals surface area contributed by atoms with Crippen molar-refractivity contribution in [3.05, 3.63) is 70.9 Å². The molecular formula is C20H22ClN3O. The van der Waals surface area contributed by atoms with Gasteiger partial charge in [-0.3, -0.25) is 4.79 Å². The number of nitrogens with two attached hydrogens (primary N) is 1. The van der Waals surface area contributed by atoms with E-state index in [9.17, 15) is 4.79 Å². The number of carbonyl (C=O) groups excluding carboxylic acids is 1. The largest absolute Gasteiger partial charge is 0.361 e. The minimum Gasteiger partial charge on any atom is -0.361 e. The Morgan fingerprint density at radius 1 is 1.16 bits per heavy atom. The van der Waals surface area contributed by atoms with E-state index in [1.54, 1.807) is 0 Å². The monoisotopic (exact) mass is 355 g/mol. The number of carbonyl (C=O) groups is 1. The van der Waals surface area contributed by atoms with Crippen molar-refractivity contribution in [2.45, 2.75) is 12.8 Å². The molecule has 0 aliphatic heterocycles. The summed E-state index contributed by atoms with van der Waals surface area (Å²) >= 11 is 6.45. The molecule has 25 heavy (non-hydrogen) atoms. The molecule has 0 fully saturated rings. The van der Waals surface area contributed by atoms with E-state index in [0.717, 1.165) is 22.0 Å². The van der Waals surface area contributed by atoms with Gasteiger partial charge in [0.25, 0.3) is 0 Å². The van der Waals surface area contributed by atoms with Gasteiger partial charge in [0, 0.05) is 47.0 Å². The van der Waals surface area contributed by atoms with Crippen LogP contribution in [0.5, 0.6) is 0 Å². The van der Waals surface area contributed by atoms with Gasteiger partial charge in [0.2, 0.25) is 5.91 Å². The number of nitrogens with one attached hydrogen (secondary N) is 2. The van der Waals surface area contributed by atoms with Crippen LogP contribution in [-0.4, -0.2) is 24.0 Å². The molecule has 2 aromatic carbocycles. The quantitative estimate of drug-likeness (QED) is 0.631. The zero-order chi connectivity index (χ0) is 17.8. The number of halogens is 1. The average Bonchev–Trinajstić information content (AvgIpc) is 3.06. The summed E-state index contributed by atoms with van der Waals surface area (Å²) in [6.07, 6.45) is 2.00. The molecule has 3 rings (SSSR count). The zero-order valence-electron chi connectivity index (χ0n) is 14.1. The highest BCUT2D eigenvalue weighted by molar-refractivity contribution is 6.31. The van der Waals surface area contributed by atoms with Gasteiger partial charge in [0.15, 0.2) is 0 Å². The average molecular weight is 356 g/mol. The van der Waals surface area contributed by atoms with Crippen LogP contribution in [0.25, 0.3) is 10.9 Å². The third-order valence-corrected chi connectivity index (χ3v) is 4.90. The summed E-state index contributed by atoms with van der Waals surface area (Å²) in [7, 11) is 0. The highest BCUT2D eigenvalue weighted by atomic mass is 35.5. The Labute approximate surface area is 152 Å². The summed E-state index contributed by atoms with van der Waals surface area (Å²) in [5, 5.41) is 4.85. The van der Waals surface area contributed by atoms with Crippen molar-refractivity contribution in [1.82, 2.24) is 10.3 Å². The number of fused-ring (bicyclic) bond motifs is 1. The van der Waals surface area contributed by atoms with Gasteiger partial charge in [-0.05, 0) is 23.3 Å². The lowest BCUT2D eigenvalue weighted by atomic mass is 9.90. The summed E-state index contributed by atoms with van der Waals surface area (Å²) in [6.45, 7) is 2.62. The van der Waals surface area contributed by atoms with Crippen molar-refractivity contribution >= 4 is 28.4 Å². The normalized spacial score (nSPS) is 13.6. The summed E-state index contributed by atoms with van der Waals surface area (Å²) in [4.78, 5) is 15.5. The molecule has 5 heteroatoms. The van der Waals surface area contributed by atoms with Crippen LogP contribution in [0.1, 0.15) is 24.0 Å². The van der Waals surface area contributed by atoms with Crippen LogP contribution in [0.4, 0.5) is 0 Å². The molecule has 0 aliphatic carbocycles. The van der Waals surface area contributed by atoms with Gasteiger partial charge in [-0.1, -0.05) is 54.9 Å². The van der Waals surface area contributed by atoms with Crippen molar-refractivity contribution in [1.29, 1.82) is 0 Å². The molecule has 2 atom stereocenters. The van der Waals surface area contributed by atoms with E-state index in [2.05, 4.69) is 16.4 Å². The molecule has 0 radical (unpaired) electrons. The molecule has 4 nitrogen and oxygen atoms in total. The van der Waals surface area contributed by atoms with Crippen LogP contribution < -0.4 is 11.1 Å². The van der Waals surface area contributed by atoms with Gasteiger partial charge in [-0.15, -0.1) is 0 Å². The number of aromatic nitrogens is 1. The van der Waals surface area contributed by atoms with Crippen molar-refractivity contribution in [2.75, 3.05) is 13.1 Å². The highest BCUT2D eigenvalue weighted by Crippen LogP contribution is 2.34. The molecular weight excluding hydrogens is 334 g/mol. The molecule has 0 spiro atoms. The lowest BCUT2D eigenvalue weighted by molar-refractivity contribution is -0.124. The zero-order valence-corrected chi connectivity index (χ0v) is 14.9. The maximum Gasteiger partial charge on any atom is 0.224 e. The molecule has 1 aromatic heterocycles. The maximum atomic E-state index is 12.2. The topological polar surface area (TPSA) is 70.9 Å². The van der Waals surface area contributed by atoms with Crippen molar-refractivity contribution in [3.63, 3.8) is 0 Å². The van der Waals surface area contributed by atoms with E-state index in [0.29, 0.717) is 18.1 Å². The van der Waals surface area contributed by atoms with Crippen LogP contribution >= 0.6 is 11.6 Å². The SMILES string of the molecule is CC(CN)C(=O)NCC(c1ccccc1Cl)c1c[nH]c2ccccc12. The van der Waals surface area contributed by atoms with Gasteiger partial charge in [-0.2, -0.15) is 0 Å². The van der Waals surface area contributed by atoms with Gasteiger partial charge in [-0.25, -0.2) is 0 Å². The van der Waals surface area contributed by atoms with Gasteiger partial charge < -0.3 is 16.0 Å². The molecule has 0 saturated carbocycles. The highest BCUT2D eigenvalue weighted by Gasteiger charge is 2.22. The Morgan fingerprint density at radius 2 is 1.88 bits per heavy atom. The number of rotatable bonds is 6. The van der Waals surface area contributed by atoms with Crippen LogP contribution in [-0.2, 0) is 4.79 Å². The summed E-state index contributed by atoms with van der Waals surface area (Å²) in [6, 6.07) is 15.9. The molecule has 0 bridgehead atoms. The first-order valence-electron chi connectivity index (χ1n) is 8.40. The van der Waals surface area contributed by atoms with E-state index in [4.69, 9.17) is 17.3 Å². The lowest BCUT2D eigenvalue weighted by Crippen LogP contribution is -2.36. The van der Waals surface area contributed by atoms with Crippen molar-refractivity contribution < 1.29 is 4.79 Å². The molecule has 1 heterocycles. The van der Waals surface area contributed by atoms with E-state index in [1.807, 2.05) is 55.6 Å². The number of benzene rings is 2. The summed E-state index contributed by atoms with van der Waals surface area (Å²) in [5.41, 5.74) is 8.77. The second-order valence-electron chi connectivity index (χ2n) is 6.25. The van der Waals surface area contributed by atoms with Crippen LogP contribution in [0.2, 0.25) is 5.02 Å². The number of para-hydroxylation sites is 1. The fourth-order valence-corrected chi connectivity index (χ4v) is 3.28. The molecule has 3 aromatic rings. The van der Waals surface area contributed by atoms with Crippen molar-refractivity contribution in [3.8, 4) is 0 Å². The predicted octanol–water partition coefficient (Wildman–Crippen LogP) is 3.66. The first-order valence-corrected chi connectivity index (χ1v) is 8.77. The number of amides is 1. The lowest BCUT2D eigenvalue weighted by Gasteiger charge is -2.20. The van der Waals surface area contributed by atoms with E-state index < -0.39 is 0 Å². The Balaban J connectivity index is 1.98. The van der Waals surface area contributed by atoms with Crippen LogP contribution in [0.15, 0.2) is 54.7 Å². The summed E-state index contributed by atoms with van der Waals surface area (Å²) in [5.74, 6) is -0.298. The molecule has 2 unspecified atom stereocenters. The van der Waals surface area contributed by atoms with E-state index >= 15 is 0 Å². The van der Waals surface area contributed by atoms with Gasteiger partial charge >= 0.3 is 0 Å². The minimum atomic E-state index is -0.213. The smallest absolute Gasteiger partial charge is 0.224 e. The first kappa shape index (κ1) is 17.5. The van der Waals surface area contributed by atoms with Crippen LogP contribution in [0.3, 0.4) is 0 Å². The van der Waals surface area contributed by atoms with E-state index in [1.165, 1.54) is 0 Å². The Kier molecular flexibility index (Phi) is 5.41. The van der Waals surface area contributed by atoms with Crippen molar-refractivity contribution in [2.24, 2.45) is 11.7 Å². The third kappa shape index (κ3) is 3.70. The van der Waals surface area contributed by atoms with E-state index in [-0.39, 0.29) is 17.7 Å². The molecule has 0 saturated heterocycles. The first-order chi connectivity index (χ1) is 12.1. The second kappa shape index (κ2) is 7.72. The molecule has 4 N–H and O–H groups in total. The second-order valence-corrected chi connectivity index (χ2v) is 6.65. The van der Waals surface area contributed by atoms with Crippen LogP contribution in [0, 0.1) is 5.92 Å². The minimum absolute atomic E-state index is 0.0422. The van der Waals surface area contributed by atoms with Gasteiger partial charge in [0.1, 0.15) is 0 Å². The fourth-order valence-electron chi connectivity index (χ4n) is 3.01. The Bertz CT molecular complexity index is 874. The molecule has 0 aliphatic rings. The third-order valence-electron chi connectivity index (χ3n) is 4.56. The maximum absolute atomic E-state index is 12.2. The number of hydrogen-bond donors (Lipinski definition) is 3. The van der Waals surface area contributed by atoms with Gasteiger partial charge in [0.05, 0.1) is 0 Å². The number of aromatic amines is 1. The predicted molar refractivity (Wildman–Crippen MR) is 103 cm³/mol. The standard InChI is InChI=1S/C20H22ClN3O/c1-13(10-22)20(25)24-12-16(14-6-2-4-8-18(14)21)17-11-23-19-9-5-3-7-15(17)19/h2-9,11,13,16,23H,10,12,22H2,1H3,(H,24,25). The Morgan fingerprint density at radius 3 is 2.64 bits per heavy atom. The Hall–Kier alpha value is -2.30. The molecule has 1 amide bonds. The fraction of sp³-hybridized carbons (Fsp3) is 0.250.